The smallest absolute Gasteiger partial charge is 0.378 e. The van der Waals surface area contributed by atoms with Crippen LogP contribution in [0, 0.1) is 0 Å². The van der Waals surface area contributed by atoms with E-state index in [0.717, 1.165) is 6.92 Å². The number of aliphatic hydroxyl groups excluding tert-OH is 3. The normalized spacial score (nSPS) is 16.0. The maximum atomic E-state index is 13.6. The number of carbonyl (C=O) groups is 1. The number of ether oxygens (including phenoxy) is 1. The summed E-state index contributed by atoms with van der Waals surface area (Å²) >= 11 is 0. The van der Waals surface area contributed by atoms with Crippen LogP contribution in [0.5, 0.6) is 0 Å². The van der Waals surface area contributed by atoms with E-state index in [-0.39, 0.29) is 5.57 Å². The third-order valence-corrected chi connectivity index (χ3v) is 3.26. The van der Waals surface area contributed by atoms with Gasteiger partial charge in [0.05, 0.1) is 18.8 Å². The van der Waals surface area contributed by atoms with Gasteiger partial charge in [-0.2, -0.15) is 35.1 Å². The van der Waals surface area contributed by atoms with Gasteiger partial charge in [0, 0.05) is 18.4 Å². The van der Waals surface area contributed by atoms with Gasteiger partial charge >= 0.3 is 29.7 Å². The third kappa shape index (κ3) is 5.75. The third-order valence-electron chi connectivity index (χ3n) is 3.26. The maximum Gasteiger partial charge on any atom is 0.378 e. The average molecular weight is 418 g/mol. The maximum absolute atomic E-state index is 13.6. The van der Waals surface area contributed by atoms with Gasteiger partial charge in [0.15, 0.2) is 0 Å². The fraction of sp³-hybridized carbons (Fsp3) is 0.786. The Morgan fingerprint density at radius 1 is 0.926 bits per heavy atom. The molecule has 0 aliphatic rings. The van der Waals surface area contributed by atoms with Crippen molar-refractivity contribution in [2.24, 2.45) is 0 Å². The number of esters is 1. The molecule has 0 radical (unpaired) electrons. The molecule has 0 rings (SSSR count). The lowest BCUT2D eigenvalue weighted by atomic mass is 9.92. The first-order chi connectivity index (χ1) is 11.9. The minimum atomic E-state index is -6.65. The van der Waals surface area contributed by atoms with Crippen molar-refractivity contribution >= 4 is 5.97 Å². The molecule has 0 aliphatic carbocycles. The Bertz CT molecular complexity index is 538. The van der Waals surface area contributed by atoms with E-state index in [1.54, 1.807) is 0 Å². The Kier molecular flexibility index (Phi) is 8.22. The lowest BCUT2D eigenvalue weighted by Gasteiger charge is -2.37. The predicted octanol–water partition coefficient (Wildman–Crippen LogP) is 2.14. The Labute approximate surface area is 148 Å². The number of hydrogen-bond donors (Lipinski definition) is 3. The highest BCUT2D eigenvalue weighted by atomic mass is 19.4. The van der Waals surface area contributed by atoms with E-state index >= 15 is 0 Å². The second-order valence-electron chi connectivity index (χ2n) is 5.83. The average Bonchev–Trinajstić information content (AvgIpc) is 2.50. The topological polar surface area (TPSA) is 87.0 Å². The van der Waals surface area contributed by atoms with Crippen molar-refractivity contribution in [3.63, 3.8) is 0 Å². The predicted molar refractivity (Wildman–Crippen MR) is 73.9 cm³/mol. The largest absolute Gasteiger partial charge is 0.460 e. The summed E-state index contributed by atoms with van der Waals surface area (Å²) in [5, 5.41) is 26.3. The summed E-state index contributed by atoms with van der Waals surface area (Å²) in [5.41, 5.74) is -0.243. The van der Waals surface area contributed by atoms with Crippen molar-refractivity contribution in [1.82, 2.24) is 0 Å². The van der Waals surface area contributed by atoms with E-state index < -0.39 is 67.9 Å². The molecule has 2 atom stereocenters. The fourth-order valence-corrected chi connectivity index (χ4v) is 1.73. The van der Waals surface area contributed by atoms with Crippen LogP contribution in [0.15, 0.2) is 12.2 Å². The highest BCUT2D eigenvalue weighted by Gasteiger charge is 2.80. The van der Waals surface area contributed by atoms with E-state index in [9.17, 15) is 45.0 Å². The molecule has 0 aromatic rings. The molecule has 3 N–H and O–H groups in total. The van der Waals surface area contributed by atoms with Gasteiger partial charge in [0.25, 0.3) is 0 Å². The van der Waals surface area contributed by atoms with Gasteiger partial charge in [-0.05, 0) is 6.92 Å². The van der Waals surface area contributed by atoms with Gasteiger partial charge in [0.2, 0.25) is 0 Å². The Hall–Kier alpha value is -1.47. The second-order valence-corrected chi connectivity index (χ2v) is 5.83. The van der Waals surface area contributed by atoms with Crippen LogP contribution in [0.4, 0.5) is 35.1 Å². The van der Waals surface area contributed by atoms with Crippen LogP contribution in [0.2, 0.25) is 0 Å². The molecule has 0 aromatic heterocycles. The fourth-order valence-electron chi connectivity index (χ4n) is 1.73. The minimum absolute atomic E-state index is 0.243. The zero-order valence-electron chi connectivity index (χ0n) is 13.9. The monoisotopic (exact) mass is 418 g/mol. The SMILES string of the molecule is C=C(C)C(=O)OCC(O)CC(F)(F)C(F)(F)C(F)(F)C(F)(F)CC(O)CO. The molecule has 27 heavy (non-hydrogen) atoms. The molecule has 0 heterocycles. The zero-order chi connectivity index (χ0) is 21.8. The molecular formula is C14H18F8O5. The van der Waals surface area contributed by atoms with Gasteiger partial charge in [-0.15, -0.1) is 0 Å². The second kappa shape index (κ2) is 8.69. The zero-order valence-corrected chi connectivity index (χ0v) is 13.9. The van der Waals surface area contributed by atoms with Crippen molar-refractivity contribution in [3.05, 3.63) is 12.2 Å². The first-order valence-electron chi connectivity index (χ1n) is 7.24. The quantitative estimate of drug-likeness (QED) is 0.272. The molecule has 5 nitrogen and oxygen atoms in total. The summed E-state index contributed by atoms with van der Waals surface area (Å²) in [6.45, 7) is 1.41. The van der Waals surface area contributed by atoms with Gasteiger partial charge in [-0.25, -0.2) is 4.79 Å². The lowest BCUT2D eigenvalue weighted by Crippen LogP contribution is -2.63. The van der Waals surface area contributed by atoms with Crippen molar-refractivity contribution in [2.45, 2.75) is 55.7 Å². The van der Waals surface area contributed by atoms with E-state index in [1.807, 2.05) is 0 Å². The molecule has 0 spiro atoms. The van der Waals surface area contributed by atoms with E-state index in [2.05, 4.69) is 11.3 Å². The highest BCUT2D eigenvalue weighted by Crippen LogP contribution is 2.55. The van der Waals surface area contributed by atoms with Crippen molar-refractivity contribution in [2.75, 3.05) is 13.2 Å². The molecule has 2 unspecified atom stereocenters. The van der Waals surface area contributed by atoms with Crippen LogP contribution >= 0.6 is 0 Å². The Morgan fingerprint density at radius 3 is 1.63 bits per heavy atom. The van der Waals surface area contributed by atoms with E-state index in [0.29, 0.717) is 0 Å². The molecule has 0 amide bonds. The van der Waals surface area contributed by atoms with Crippen LogP contribution in [-0.2, 0) is 9.53 Å². The number of hydrogen-bond acceptors (Lipinski definition) is 5. The number of halogens is 8. The van der Waals surface area contributed by atoms with Gasteiger partial charge in [-0.3, -0.25) is 0 Å². The van der Waals surface area contributed by atoms with Crippen molar-refractivity contribution in [3.8, 4) is 0 Å². The van der Waals surface area contributed by atoms with Crippen LogP contribution in [-0.4, -0.2) is 70.4 Å². The number of rotatable bonds is 11. The molecular weight excluding hydrogens is 400 g/mol. The molecule has 13 heteroatoms. The summed E-state index contributed by atoms with van der Waals surface area (Å²) in [7, 11) is 0. The summed E-state index contributed by atoms with van der Waals surface area (Å²) in [4.78, 5) is 11.0. The first kappa shape index (κ1) is 25.5. The summed E-state index contributed by atoms with van der Waals surface area (Å²) < 4.78 is 112. The van der Waals surface area contributed by atoms with Crippen LogP contribution < -0.4 is 0 Å². The molecule has 0 aliphatic heterocycles. The van der Waals surface area contributed by atoms with Gasteiger partial charge in [-0.1, -0.05) is 6.58 Å². The van der Waals surface area contributed by atoms with Crippen LogP contribution in [0.3, 0.4) is 0 Å². The Balaban J connectivity index is 5.38. The van der Waals surface area contributed by atoms with Crippen molar-refractivity contribution < 1.29 is 60.0 Å². The molecule has 0 bridgehead atoms. The van der Waals surface area contributed by atoms with Crippen molar-refractivity contribution in [1.29, 1.82) is 0 Å². The summed E-state index contributed by atoms with van der Waals surface area (Å²) in [5.74, 6) is -26.2. The number of alkyl halides is 8. The Morgan fingerprint density at radius 2 is 1.30 bits per heavy atom. The molecule has 0 fully saturated rings. The minimum Gasteiger partial charge on any atom is -0.460 e. The molecule has 0 aromatic carbocycles. The number of carbonyl (C=O) groups excluding carboxylic acids is 1. The van der Waals surface area contributed by atoms with Gasteiger partial charge in [0.1, 0.15) is 6.61 Å². The lowest BCUT2D eigenvalue weighted by molar-refractivity contribution is -0.372. The first-order valence-corrected chi connectivity index (χ1v) is 7.24. The molecule has 0 saturated carbocycles. The molecule has 160 valence electrons. The van der Waals surface area contributed by atoms with Crippen LogP contribution in [0.25, 0.3) is 0 Å². The van der Waals surface area contributed by atoms with Gasteiger partial charge < -0.3 is 20.1 Å². The summed E-state index contributed by atoms with van der Waals surface area (Å²) in [6.07, 6.45) is -10.00. The standard InChI is InChI=1S/C14H18F8O5/c1-7(2)10(26)27-6-9(25)4-12(17,18)14(21,22)13(19,20)11(15,16)3-8(24)5-23/h8-9,23-25H,1,3-6H2,2H3. The van der Waals surface area contributed by atoms with Crippen LogP contribution in [0.1, 0.15) is 19.8 Å². The van der Waals surface area contributed by atoms with E-state index in [4.69, 9.17) is 10.2 Å². The summed E-state index contributed by atoms with van der Waals surface area (Å²) in [6, 6.07) is 0. The number of aliphatic hydroxyl groups is 3. The molecule has 0 saturated heterocycles. The van der Waals surface area contributed by atoms with E-state index in [1.165, 1.54) is 0 Å². The highest BCUT2D eigenvalue weighted by molar-refractivity contribution is 5.86.